The zero-order chi connectivity index (χ0) is 12.2. The third-order valence-corrected chi connectivity index (χ3v) is 1.89. The summed E-state index contributed by atoms with van der Waals surface area (Å²) in [4.78, 5) is 0. The smallest absolute Gasteiger partial charge is 0.308 e. The van der Waals surface area contributed by atoms with Gasteiger partial charge in [0.05, 0.1) is 13.2 Å². The molecule has 0 atom stereocenters. The molecule has 88 valence electrons. The molecule has 0 aliphatic rings. The second kappa shape index (κ2) is 9.86. The van der Waals surface area contributed by atoms with Crippen molar-refractivity contribution in [1.82, 2.24) is 0 Å². The summed E-state index contributed by atoms with van der Waals surface area (Å²) >= 11 is 0. The Morgan fingerprint density at radius 3 is 1.69 bits per heavy atom. The monoisotopic (exact) mass is 222 g/mol. The Labute approximate surface area is 97.1 Å². The van der Waals surface area contributed by atoms with E-state index in [0.29, 0.717) is 13.2 Å². The van der Waals surface area contributed by atoms with E-state index < -0.39 is 0 Å². The van der Waals surface area contributed by atoms with E-state index in [1.165, 1.54) is 0 Å². The van der Waals surface area contributed by atoms with E-state index in [1.807, 2.05) is 13.8 Å². The first kappa shape index (κ1) is 14.3. The van der Waals surface area contributed by atoms with Crippen molar-refractivity contribution in [3.05, 3.63) is 11.5 Å². The van der Waals surface area contributed by atoms with Crippen LogP contribution in [0.25, 0.3) is 0 Å². The molecule has 0 aromatic rings. The van der Waals surface area contributed by atoms with Crippen LogP contribution in [0.5, 0.6) is 0 Å². The van der Waals surface area contributed by atoms with Crippen LogP contribution in [0, 0.1) is 22.7 Å². The highest BCUT2D eigenvalue weighted by molar-refractivity contribution is 5.35. The highest BCUT2D eigenvalue weighted by Gasteiger charge is 2.09. The van der Waals surface area contributed by atoms with Gasteiger partial charge in [-0.3, -0.25) is 0 Å². The predicted molar refractivity (Wildman–Crippen MR) is 60.0 cm³/mol. The van der Waals surface area contributed by atoms with Crippen molar-refractivity contribution in [2.24, 2.45) is 0 Å². The second-order valence-electron chi connectivity index (χ2n) is 3.29. The number of rotatable bonds is 8. The Morgan fingerprint density at radius 1 is 0.938 bits per heavy atom. The van der Waals surface area contributed by atoms with Crippen molar-refractivity contribution in [1.29, 1.82) is 10.5 Å². The van der Waals surface area contributed by atoms with Gasteiger partial charge in [0.15, 0.2) is 0 Å². The van der Waals surface area contributed by atoms with Gasteiger partial charge in [0.1, 0.15) is 12.1 Å². The highest BCUT2D eigenvalue weighted by atomic mass is 16.7. The average molecular weight is 222 g/mol. The van der Waals surface area contributed by atoms with Crippen LogP contribution < -0.4 is 0 Å². The topological polar surface area (TPSA) is 66.0 Å². The molecule has 4 nitrogen and oxygen atoms in total. The summed E-state index contributed by atoms with van der Waals surface area (Å²) < 4.78 is 10.6. The molecule has 0 saturated heterocycles. The number of nitriles is 2. The highest BCUT2D eigenvalue weighted by Crippen LogP contribution is 2.09. The van der Waals surface area contributed by atoms with E-state index in [1.54, 1.807) is 12.1 Å². The van der Waals surface area contributed by atoms with Gasteiger partial charge in [-0.1, -0.05) is 26.7 Å². The fourth-order valence-corrected chi connectivity index (χ4v) is 0.921. The second-order valence-corrected chi connectivity index (χ2v) is 3.29. The molecular weight excluding hydrogens is 204 g/mol. The number of nitrogens with zero attached hydrogens (tertiary/aromatic N) is 2. The number of allylic oxidation sites excluding steroid dienone is 1. The molecule has 0 radical (unpaired) electrons. The molecule has 0 aromatic heterocycles. The summed E-state index contributed by atoms with van der Waals surface area (Å²) in [6, 6.07) is 3.55. The predicted octanol–water partition coefficient (Wildman–Crippen LogP) is 2.88. The van der Waals surface area contributed by atoms with Gasteiger partial charge in [-0.2, -0.15) is 10.5 Å². The maximum Gasteiger partial charge on any atom is 0.308 e. The van der Waals surface area contributed by atoms with Crippen molar-refractivity contribution in [3.8, 4) is 12.1 Å². The van der Waals surface area contributed by atoms with Crippen LogP contribution in [-0.4, -0.2) is 13.2 Å². The van der Waals surface area contributed by atoms with Crippen LogP contribution in [0.3, 0.4) is 0 Å². The zero-order valence-corrected chi connectivity index (χ0v) is 9.95. The van der Waals surface area contributed by atoms with E-state index in [-0.39, 0.29) is 11.5 Å². The SMILES string of the molecule is CCCCOC(OCCCC)=C(C#N)C#N. The van der Waals surface area contributed by atoms with Gasteiger partial charge in [0.2, 0.25) is 5.57 Å². The van der Waals surface area contributed by atoms with Gasteiger partial charge in [-0.05, 0) is 12.8 Å². The molecule has 16 heavy (non-hydrogen) atoms. The third-order valence-electron chi connectivity index (χ3n) is 1.89. The van der Waals surface area contributed by atoms with Crippen LogP contribution in [-0.2, 0) is 9.47 Å². The number of hydrogen-bond acceptors (Lipinski definition) is 4. The summed E-state index contributed by atoms with van der Waals surface area (Å²) in [5, 5.41) is 17.4. The lowest BCUT2D eigenvalue weighted by atomic mass is 10.3. The van der Waals surface area contributed by atoms with Crippen LogP contribution in [0.1, 0.15) is 39.5 Å². The summed E-state index contributed by atoms with van der Waals surface area (Å²) in [5.74, 6) is 0.0758. The number of ether oxygens (including phenoxy) is 2. The lowest BCUT2D eigenvalue weighted by molar-refractivity contribution is 0.0316. The molecule has 0 unspecified atom stereocenters. The molecule has 0 amide bonds. The van der Waals surface area contributed by atoms with Crippen LogP contribution in [0.2, 0.25) is 0 Å². The maximum absolute atomic E-state index is 8.72. The molecular formula is C12H18N2O2. The normalized spacial score (nSPS) is 8.75. The summed E-state index contributed by atoms with van der Waals surface area (Å²) in [6.07, 6.45) is 3.75. The van der Waals surface area contributed by atoms with E-state index in [9.17, 15) is 0 Å². The lowest BCUT2D eigenvalue weighted by Gasteiger charge is -2.11. The zero-order valence-electron chi connectivity index (χ0n) is 9.95. The van der Waals surface area contributed by atoms with Crippen molar-refractivity contribution in [2.45, 2.75) is 39.5 Å². The molecule has 0 aromatic carbocycles. The minimum atomic E-state index is -0.0905. The quantitative estimate of drug-likeness (QED) is 0.360. The van der Waals surface area contributed by atoms with Gasteiger partial charge in [-0.15, -0.1) is 0 Å². The molecule has 0 heterocycles. The van der Waals surface area contributed by atoms with Crippen molar-refractivity contribution in [2.75, 3.05) is 13.2 Å². The first-order valence-corrected chi connectivity index (χ1v) is 5.60. The standard InChI is InChI=1S/C12H18N2O2/c1-3-5-7-15-12(11(9-13)10-14)16-8-6-4-2/h3-8H2,1-2H3. The molecule has 0 fully saturated rings. The molecule has 4 heteroatoms. The van der Waals surface area contributed by atoms with Crippen LogP contribution in [0.15, 0.2) is 11.5 Å². The van der Waals surface area contributed by atoms with Gasteiger partial charge in [0, 0.05) is 0 Å². The number of hydrogen-bond donors (Lipinski definition) is 0. The molecule has 0 N–H and O–H groups in total. The fourth-order valence-electron chi connectivity index (χ4n) is 0.921. The molecule has 0 rings (SSSR count). The number of unbranched alkanes of at least 4 members (excludes halogenated alkanes) is 2. The Morgan fingerprint density at radius 2 is 1.38 bits per heavy atom. The van der Waals surface area contributed by atoms with E-state index >= 15 is 0 Å². The maximum atomic E-state index is 8.72. The van der Waals surface area contributed by atoms with Gasteiger partial charge < -0.3 is 9.47 Å². The van der Waals surface area contributed by atoms with Crippen molar-refractivity contribution >= 4 is 0 Å². The molecule has 0 aliphatic heterocycles. The molecule has 0 bridgehead atoms. The van der Waals surface area contributed by atoms with E-state index in [4.69, 9.17) is 20.0 Å². The molecule has 0 saturated carbocycles. The van der Waals surface area contributed by atoms with Crippen LogP contribution in [0.4, 0.5) is 0 Å². The Bertz CT molecular complexity index is 269. The minimum Gasteiger partial charge on any atom is -0.464 e. The van der Waals surface area contributed by atoms with Crippen LogP contribution >= 0.6 is 0 Å². The van der Waals surface area contributed by atoms with Crippen molar-refractivity contribution in [3.63, 3.8) is 0 Å². The first-order valence-electron chi connectivity index (χ1n) is 5.60. The molecule has 0 aliphatic carbocycles. The summed E-state index contributed by atoms with van der Waals surface area (Å²) in [6.45, 7) is 5.04. The minimum absolute atomic E-state index is 0.0758. The van der Waals surface area contributed by atoms with Gasteiger partial charge >= 0.3 is 5.95 Å². The molecule has 0 spiro atoms. The largest absolute Gasteiger partial charge is 0.464 e. The van der Waals surface area contributed by atoms with Gasteiger partial charge in [-0.25, -0.2) is 0 Å². The Kier molecular flexibility index (Phi) is 8.82. The average Bonchev–Trinajstić information content (AvgIpc) is 2.30. The van der Waals surface area contributed by atoms with E-state index in [2.05, 4.69) is 0 Å². The fraction of sp³-hybridized carbons (Fsp3) is 0.667. The summed E-state index contributed by atoms with van der Waals surface area (Å²) in [7, 11) is 0. The van der Waals surface area contributed by atoms with Gasteiger partial charge in [0.25, 0.3) is 0 Å². The lowest BCUT2D eigenvalue weighted by Crippen LogP contribution is -2.04. The Hall–Kier alpha value is -1.68. The van der Waals surface area contributed by atoms with E-state index in [0.717, 1.165) is 25.7 Å². The summed E-state index contributed by atoms with van der Waals surface area (Å²) in [5.41, 5.74) is -0.0905. The Balaban J connectivity index is 4.34. The third kappa shape index (κ3) is 5.93. The van der Waals surface area contributed by atoms with Crippen molar-refractivity contribution < 1.29 is 9.47 Å². The first-order chi connectivity index (χ1) is 7.79.